The fourth-order valence-corrected chi connectivity index (χ4v) is 6.20. The molecule has 0 atom stereocenters. The van der Waals surface area contributed by atoms with Crippen LogP contribution in [0.2, 0.25) is 0 Å². The highest BCUT2D eigenvalue weighted by Crippen LogP contribution is 2.32. The van der Waals surface area contributed by atoms with E-state index in [9.17, 15) is 13.2 Å². The van der Waals surface area contributed by atoms with E-state index in [0.29, 0.717) is 36.0 Å². The van der Waals surface area contributed by atoms with Crippen LogP contribution in [0.3, 0.4) is 0 Å². The molecule has 3 aromatic rings. The molecule has 3 heterocycles. The summed E-state index contributed by atoms with van der Waals surface area (Å²) in [4.78, 5) is 14.4. The zero-order chi connectivity index (χ0) is 20.6. The minimum atomic E-state index is -3.52. The van der Waals surface area contributed by atoms with Gasteiger partial charge in [0.1, 0.15) is 9.90 Å². The first kappa shape index (κ1) is 19.8. The van der Waals surface area contributed by atoms with Gasteiger partial charge in [0.05, 0.1) is 4.88 Å². The van der Waals surface area contributed by atoms with E-state index in [1.54, 1.807) is 23.4 Å². The van der Waals surface area contributed by atoms with E-state index in [2.05, 4.69) is 15.1 Å². The fourth-order valence-electron chi connectivity index (χ4n) is 3.36. The highest BCUT2D eigenvalue weighted by Gasteiger charge is 2.30. The number of aromatic amines is 1. The van der Waals surface area contributed by atoms with Crippen LogP contribution in [0.4, 0.5) is 5.69 Å². The molecular weight excluding hydrogens is 408 g/mol. The summed E-state index contributed by atoms with van der Waals surface area (Å²) in [5.41, 5.74) is 3.37. The van der Waals surface area contributed by atoms with Crippen LogP contribution >= 0.6 is 11.3 Å². The van der Waals surface area contributed by atoms with Crippen LogP contribution in [0.15, 0.2) is 46.7 Å². The lowest BCUT2D eigenvalue weighted by atomic mass is 10.1. The van der Waals surface area contributed by atoms with Gasteiger partial charge in [-0.05, 0) is 56.3 Å². The molecule has 0 bridgehead atoms. The maximum Gasteiger partial charge on any atom is 0.252 e. The number of ketones is 1. The van der Waals surface area contributed by atoms with Crippen LogP contribution < -0.4 is 4.90 Å². The third-order valence-electron chi connectivity index (χ3n) is 5.01. The van der Waals surface area contributed by atoms with Crippen molar-refractivity contribution >= 4 is 32.8 Å². The Labute approximate surface area is 174 Å². The van der Waals surface area contributed by atoms with Crippen molar-refractivity contribution < 1.29 is 13.2 Å². The van der Waals surface area contributed by atoms with Gasteiger partial charge >= 0.3 is 0 Å². The fraction of sp³-hybridized carbons (Fsp3) is 0.300. The van der Waals surface area contributed by atoms with Crippen molar-refractivity contribution in [1.82, 2.24) is 14.5 Å². The van der Waals surface area contributed by atoms with E-state index in [1.807, 2.05) is 37.3 Å². The highest BCUT2D eigenvalue weighted by atomic mass is 32.2. The molecule has 0 aliphatic carbocycles. The van der Waals surface area contributed by atoms with E-state index in [-0.39, 0.29) is 5.78 Å². The van der Waals surface area contributed by atoms with Crippen molar-refractivity contribution in [3.05, 3.63) is 53.7 Å². The summed E-state index contributed by atoms with van der Waals surface area (Å²) in [5, 5.41) is 7.08. The van der Waals surface area contributed by atoms with E-state index in [1.165, 1.54) is 11.3 Å². The number of aryl methyl sites for hydroxylation is 1. The Balaban J connectivity index is 1.45. The first-order valence-electron chi connectivity index (χ1n) is 9.33. The van der Waals surface area contributed by atoms with Crippen molar-refractivity contribution in [3.63, 3.8) is 0 Å². The van der Waals surface area contributed by atoms with Gasteiger partial charge in [-0.15, -0.1) is 11.3 Å². The topological polar surface area (TPSA) is 86.4 Å². The Morgan fingerprint density at radius 2 is 1.76 bits per heavy atom. The smallest absolute Gasteiger partial charge is 0.252 e. The number of H-pyrrole nitrogens is 1. The second-order valence-electron chi connectivity index (χ2n) is 7.05. The third kappa shape index (κ3) is 3.98. The van der Waals surface area contributed by atoms with Crippen LogP contribution in [-0.4, -0.2) is 54.9 Å². The van der Waals surface area contributed by atoms with Gasteiger partial charge in [0, 0.05) is 43.1 Å². The van der Waals surface area contributed by atoms with Crippen molar-refractivity contribution in [2.75, 3.05) is 31.1 Å². The zero-order valence-corrected chi connectivity index (χ0v) is 17.9. The van der Waals surface area contributed by atoms with Crippen molar-refractivity contribution in [2.45, 2.75) is 18.1 Å². The maximum absolute atomic E-state index is 13.1. The number of anilines is 1. The number of piperazine rings is 1. The summed E-state index contributed by atoms with van der Waals surface area (Å²) in [7, 11) is -3.52. The van der Waals surface area contributed by atoms with Gasteiger partial charge in [-0.25, -0.2) is 8.42 Å². The quantitative estimate of drug-likeness (QED) is 0.629. The predicted octanol–water partition coefficient (Wildman–Crippen LogP) is 3.16. The molecule has 0 amide bonds. The number of hydrogen-bond donors (Lipinski definition) is 1. The molecule has 4 rings (SSSR count). The SMILES string of the molecule is CC(=O)c1ccc(N2CCN(S(=O)(=O)c3ccc(-c4cc(C)[nH]n4)s3)CC2)cc1. The van der Waals surface area contributed by atoms with Crippen LogP contribution in [0.5, 0.6) is 0 Å². The molecule has 1 N–H and O–H groups in total. The Morgan fingerprint density at radius 3 is 2.34 bits per heavy atom. The number of thiophene rings is 1. The number of Topliss-reactive ketones (excluding diaryl/α,β-unsaturated/α-hetero) is 1. The lowest BCUT2D eigenvalue weighted by Gasteiger charge is -2.35. The summed E-state index contributed by atoms with van der Waals surface area (Å²) < 4.78 is 28.0. The Morgan fingerprint density at radius 1 is 1.07 bits per heavy atom. The summed E-state index contributed by atoms with van der Waals surface area (Å²) >= 11 is 1.24. The van der Waals surface area contributed by atoms with E-state index >= 15 is 0 Å². The standard InChI is InChI=1S/C20H22N4O3S2/c1-14-13-18(22-21-14)19-7-8-20(28-19)29(26,27)24-11-9-23(10-12-24)17-5-3-16(4-6-17)15(2)25/h3-8,13H,9-12H2,1-2H3,(H,21,22). The molecule has 0 spiro atoms. The minimum Gasteiger partial charge on any atom is -0.369 e. The van der Waals surface area contributed by atoms with Gasteiger partial charge in [0.15, 0.2) is 5.78 Å². The van der Waals surface area contributed by atoms with Gasteiger partial charge in [0.25, 0.3) is 10.0 Å². The number of aromatic nitrogens is 2. The monoisotopic (exact) mass is 430 g/mol. The molecular formula is C20H22N4O3S2. The molecule has 0 radical (unpaired) electrons. The lowest BCUT2D eigenvalue weighted by Crippen LogP contribution is -2.48. The minimum absolute atomic E-state index is 0.0350. The van der Waals surface area contributed by atoms with E-state index < -0.39 is 10.0 Å². The molecule has 7 nitrogen and oxygen atoms in total. The number of nitrogens with one attached hydrogen (secondary N) is 1. The molecule has 0 saturated carbocycles. The molecule has 1 saturated heterocycles. The molecule has 2 aromatic heterocycles. The molecule has 1 aromatic carbocycles. The Bertz CT molecular complexity index is 1120. The molecule has 152 valence electrons. The van der Waals surface area contributed by atoms with Crippen molar-refractivity contribution in [1.29, 1.82) is 0 Å². The average Bonchev–Trinajstić information content (AvgIpc) is 3.37. The van der Waals surface area contributed by atoms with Crippen LogP contribution in [0.1, 0.15) is 23.0 Å². The molecule has 0 unspecified atom stereocenters. The largest absolute Gasteiger partial charge is 0.369 e. The maximum atomic E-state index is 13.1. The van der Waals surface area contributed by atoms with Gasteiger partial charge in [-0.3, -0.25) is 9.89 Å². The highest BCUT2D eigenvalue weighted by molar-refractivity contribution is 7.91. The zero-order valence-electron chi connectivity index (χ0n) is 16.3. The average molecular weight is 431 g/mol. The molecule has 1 aliphatic heterocycles. The number of rotatable bonds is 5. The van der Waals surface area contributed by atoms with E-state index in [4.69, 9.17) is 0 Å². The Kier molecular flexibility index (Phi) is 5.28. The van der Waals surface area contributed by atoms with Crippen molar-refractivity contribution in [3.8, 4) is 10.6 Å². The first-order valence-corrected chi connectivity index (χ1v) is 11.6. The second kappa shape index (κ2) is 7.74. The van der Waals surface area contributed by atoms with Crippen LogP contribution in [0.25, 0.3) is 10.6 Å². The molecule has 1 aliphatic rings. The summed E-state index contributed by atoms with van der Waals surface area (Å²) in [6.45, 7) is 5.51. The predicted molar refractivity (Wildman–Crippen MR) is 114 cm³/mol. The summed E-state index contributed by atoms with van der Waals surface area (Å²) in [6.07, 6.45) is 0. The Hall–Kier alpha value is -2.49. The van der Waals surface area contributed by atoms with Gasteiger partial charge in [0.2, 0.25) is 0 Å². The molecule has 29 heavy (non-hydrogen) atoms. The van der Waals surface area contributed by atoms with Gasteiger partial charge in [-0.1, -0.05) is 0 Å². The number of benzene rings is 1. The first-order chi connectivity index (χ1) is 13.8. The number of carbonyl (C=O) groups excluding carboxylic acids is 1. The van der Waals surface area contributed by atoms with Gasteiger partial charge < -0.3 is 4.90 Å². The molecule has 9 heteroatoms. The van der Waals surface area contributed by atoms with Gasteiger partial charge in [-0.2, -0.15) is 9.40 Å². The number of sulfonamides is 1. The second-order valence-corrected chi connectivity index (χ2v) is 10.3. The summed E-state index contributed by atoms with van der Waals surface area (Å²) in [6, 6.07) is 12.8. The lowest BCUT2D eigenvalue weighted by molar-refractivity contribution is 0.101. The van der Waals surface area contributed by atoms with Crippen molar-refractivity contribution in [2.24, 2.45) is 0 Å². The normalized spacial score (nSPS) is 15.6. The summed E-state index contributed by atoms with van der Waals surface area (Å²) in [5.74, 6) is 0.0350. The number of nitrogens with zero attached hydrogens (tertiary/aromatic N) is 3. The number of hydrogen-bond acceptors (Lipinski definition) is 6. The molecule has 1 fully saturated rings. The van der Waals surface area contributed by atoms with Crippen LogP contribution in [-0.2, 0) is 10.0 Å². The van der Waals surface area contributed by atoms with Crippen LogP contribution in [0, 0.1) is 6.92 Å². The van der Waals surface area contributed by atoms with E-state index in [0.717, 1.165) is 22.0 Å². The number of carbonyl (C=O) groups is 1. The third-order valence-corrected chi connectivity index (χ3v) is 8.49.